The minimum absolute atomic E-state index is 0.00482. The summed E-state index contributed by atoms with van der Waals surface area (Å²) in [5.41, 5.74) is 0.625. The van der Waals surface area contributed by atoms with Gasteiger partial charge in [0.25, 0.3) is 5.91 Å². The molecule has 2 aromatic carbocycles. The molecule has 0 aliphatic heterocycles. The predicted octanol–water partition coefficient (Wildman–Crippen LogP) is 3.18. The Labute approximate surface area is 140 Å². The van der Waals surface area contributed by atoms with E-state index < -0.39 is 0 Å². The summed E-state index contributed by atoms with van der Waals surface area (Å²) in [7, 11) is 0. The van der Waals surface area contributed by atoms with Gasteiger partial charge in [-0.25, -0.2) is 0 Å². The largest absolute Gasteiger partial charge is 0.484 e. The summed E-state index contributed by atoms with van der Waals surface area (Å²) in [5, 5.41) is 2.81. The van der Waals surface area contributed by atoms with Gasteiger partial charge in [0.05, 0.1) is 0 Å². The number of hydrogen-bond acceptors (Lipinski definition) is 4. The first-order valence-corrected chi connectivity index (χ1v) is 8.32. The smallest absolute Gasteiger partial charge is 0.257 e. The van der Waals surface area contributed by atoms with Gasteiger partial charge >= 0.3 is 0 Å². The highest BCUT2D eigenvalue weighted by Gasteiger charge is 2.04. The normalized spacial score (nSPS) is 10.1. The minimum Gasteiger partial charge on any atom is -0.484 e. The summed E-state index contributed by atoms with van der Waals surface area (Å²) in [6.07, 6.45) is 0. The van der Waals surface area contributed by atoms with Crippen LogP contribution in [0.2, 0.25) is 0 Å². The van der Waals surface area contributed by atoms with Crippen molar-refractivity contribution in [1.29, 1.82) is 0 Å². The summed E-state index contributed by atoms with van der Waals surface area (Å²) >= 11 is 1.69. The molecule has 2 aromatic rings. The van der Waals surface area contributed by atoms with Gasteiger partial charge in [-0.1, -0.05) is 18.2 Å². The fourth-order valence-corrected chi connectivity index (χ4v) is 2.65. The molecule has 5 heteroatoms. The monoisotopic (exact) mass is 329 g/mol. The van der Waals surface area contributed by atoms with Crippen molar-refractivity contribution >= 4 is 23.5 Å². The SMILES string of the molecule is CC(=O)c1ccc(OCC(=O)NCCSc2ccccc2)cc1. The predicted molar refractivity (Wildman–Crippen MR) is 92.1 cm³/mol. The van der Waals surface area contributed by atoms with Gasteiger partial charge in [-0.3, -0.25) is 9.59 Å². The van der Waals surface area contributed by atoms with Crippen LogP contribution in [0, 0.1) is 0 Å². The van der Waals surface area contributed by atoms with Crippen LogP contribution in [0.5, 0.6) is 5.75 Å². The molecule has 0 aliphatic rings. The number of benzene rings is 2. The van der Waals surface area contributed by atoms with Crippen molar-refractivity contribution in [1.82, 2.24) is 5.32 Å². The molecule has 0 aromatic heterocycles. The number of rotatable bonds is 8. The summed E-state index contributed by atoms with van der Waals surface area (Å²) in [6.45, 7) is 2.07. The number of hydrogen-bond donors (Lipinski definition) is 1. The molecule has 0 saturated carbocycles. The van der Waals surface area contributed by atoms with Gasteiger partial charge in [0.1, 0.15) is 5.75 Å². The van der Waals surface area contributed by atoms with Crippen LogP contribution in [-0.2, 0) is 4.79 Å². The molecule has 0 atom stereocenters. The fraction of sp³-hybridized carbons (Fsp3) is 0.222. The molecule has 1 N–H and O–H groups in total. The molecule has 0 unspecified atom stereocenters. The first-order valence-electron chi connectivity index (χ1n) is 7.33. The van der Waals surface area contributed by atoms with Gasteiger partial charge in [0.15, 0.2) is 12.4 Å². The van der Waals surface area contributed by atoms with Crippen LogP contribution < -0.4 is 10.1 Å². The van der Waals surface area contributed by atoms with Gasteiger partial charge < -0.3 is 10.1 Å². The molecule has 0 fully saturated rings. The van der Waals surface area contributed by atoms with Crippen LogP contribution in [0.3, 0.4) is 0 Å². The number of carbonyl (C=O) groups is 2. The number of thioether (sulfide) groups is 1. The number of carbonyl (C=O) groups excluding carboxylic acids is 2. The van der Waals surface area contributed by atoms with Crippen LogP contribution in [0.25, 0.3) is 0 Å². The first-order chi connectivity index (χ1) is 11.1. The number of ether oxygens (including phenoxy) is 1. The van der Waals surface area contributed by atoms with Gasteiger partial charge in [-0.15, -0.1) is 11.8 Å². The van der Waals surface area contributed by atoms with E-state index >= 15 is 0 Å². The van der Waals surface area contributed by atoms with Gasteiger partial charge in [0.2, 0.25) is 0 Å². The van der Waals surface area contributed by atoms with Crippen molar-refractivity contribution < 1.29 is 14.3 Å². The Bertz CT molecular complexity index is 641. The summed E-state index contributed by atoms with van der Waals surface area (Å²) in [4.78, 5) is 24.1. The van der Waals surface area contributed by atoms with Crippen molar-refractivity contribution in [2.45, 2.75) is 11.8 Å². The molecule has 4 nitrogen and oxygen atoms in total. The molecule has 0 heterocycles. The second kappa shape index (κ2) is 9.00. The maximum absolute atomic E-state index is 11.7. The van der Waals surface area contributed by atoms with Crippen LogP contribution in [0.1, 0.15) is 17.3 Å². The standard InChI is InChI=1S/C18H19NO3S/c1-14(20)15-7-9-16(10-8-15)22-13-18(21)19-11-12-23-17-5-3-2-4-6-17/h2-10H,11-13H2,1H3,(H,19,21). The van der Waals surface area contributed by atoms with Crippen molar-refractivity contribution in [2.75, 3.05) is 18.9 Å². The Morgan fingerprint density at radius 1 is 1.04 bits per heavy atom. The zero-order valence-corrected chi connectivity index (χ0v) is 13.8. The second-order valence-electron chi connectivity index (χ2n) is 4.88. The van der Waals surface area contributed by atoms with Crippen molar-refractivity contribution in [3.8, 4) is 5.75 Å². The maximum atomic E-state index is 11.7. The number of Topliss-reactive ketones (excluding diaryl/α,β-unsaturated/α-hetero) is 1. The third-order valence-corrected chi connectivity index (χ3v) is 4.08. The molecule has 0 saturated heterocycles. The Kier molecular flexibility index (Phi) is 6.69. The molecule has 23 heavy (non-hydrogen) atoms. The number of nitrogens with one attached hydrogen (secondary N) is 1. The molecule has 0 spiro atoms. The number of amides is 1. The van der Waals surface area contributed by atoms with E-state index in [2.05, 4.69) is 5.32 Å². The Morgan fingerprint density at radius 2 is 1.74 bits per heavy atom. The molecular weight excluding hydrogens is 310 g/mol. The highest BCUT2D eigenvalue weighted by atomic mass is 32.2. The zero-order valence-electron chi connectivity index (χ0n) is 13.0. The van der Waals surface area contributed by atoms with Crippen molar-refractivity contribution in [2.24, 2.45) is 0 Å². The van der Waals surface area contributed by atoms with E-state index in [1.54, 1.807) is 36.0 Å². The van der Waals surface area contributed by atoms with Crippen molar-refractivity contribution in [3.05, 3.63) is 60.2 Å². The average Bonchev–Trinajstić information content (AvgIpc) is 2.58. The summed E-state index contributed by atoms with van der Waals surface area (Å²) in [5.74, 6) is 1.23. The van der Waals surface area contributed by atoms with Crippen LogP contribution in [0.4, 0.5) is 0 Å². The van der Waals surface area contributed by atoms with Crippen LogP contribution in [-0.4, -0.2) is 30.6 Å². The van der Waals surface area contributed by atoms with Gasteiger partial charge in [-0.05, 0) is 43.3 Å². The van der Waals surface area contributed by atoms with Crippen LogP contribution >= 0.6 is 11.8 Å². The highest BCUT2D eigenvalue weighted by Crippen LogP contribution is 2.15. The van der Waals surface area contributed by atoms with E-state index in [-0.39, 0.29) is 18.3 Å². The topological polar surface area (TPSA) is 55.4 Å². The summed E-state index contributed by atoms with van der Waals surface area (Å²) < 4.78 is 5.39. The Hall–Kier alpha value is -2.27. The van der Waals surface area contributed by atoms with Gasteiger partial charge in [0, 0.05) is 22.8 Å². The first kappa shape index (κ1) is 17.1. The van der Waals surface area contributed by atoms with E-state index in [0.717, 1.165) is 5.75 Å². The number of ketones is 1. The molecular formula is C18H19NO3S. The van der Waals surface area contributed by atoms with E-state index in [1.165, 1.54) is 11.8 Å². The average molecular weight is 329 g/mol. The second-order valence-corrected chi connectivity index (χ2v) is 6.05. The Balaban J connectivity index is 1.64. The third-order valence-electron chi connectivity index (χ3n) is 3.07. The molecule has 120 valence electrons. The molecule has 1 amide bonds. The lowest BCUT2D eigenvalue weighted by molar-refractivity contribution is -0.122. The quantitative estimate of drug-likeness (QED) is 0.459. The molecule has 2 rings (SSSR count). The van der Waals surface area contributed by atoms with Crippen molar-refractivity contribution in [3.63, 3.8) is 0 Å². The van der Waals surface area contributed by atoms with E-state index in [9.17, 15) is 9.59 Å². The minimum atomic E-state index is -0.158. The molecule has 0 radical (unpaired) electrons. The third kappa shape index (κ3) is 6.16. The lowest BCUT2D eigenvalue weighted by Crippen LogP contribution is -2.30. The Morgan fingerprint density at radius 3 is 2.39 bits per heavy atom. The summed E-state index contributed by atoms with van der Waals surface area (Å²) in [6, 6.07) is 16.8. The molecule has 0 bridgehead atoms. The fourth-order valence-electron chi connectivity index (χ4n) is 1.86. The highest BCUT2D eigenvalue weighted by molar-refractivity contribution is 7.99. The zero-order chi connectivity index (χ0) is 16.5. The molecule has 0 aliphatic carbocycles. The lowest BCUT2D eigenvalue weighted by Gasteiger charge is -2.08. The van der Waals surface area contributed by atoms with E-state index in [0.29, 0.717) is 17.9 Å². The van der Waals surface area contributed by atoms with E-state index in [1.807, 2.05) is 30.3 Å². The lowest BCUT2D eigenvalue weighted by atomic mass is 10.1. The van der Waals surface area contributed by atoms with Crippen LogP contribution in [0.15, 0.2) is 59.5 Å². The van der Waals surface area contributed by atoms with Gasteiger partial charge in [-0.2, -0.15) is 0 Å². The van der Waals surface area contributed by atoms with E-state index in [4.69, 9.17) is 4.74 Å². The maximum Gasteiger partial charge on any atom is 0.257 e.